The zero-order valence-electron chi connectivity index (χ0n) is 16.2. The molecular formula is C21H19F3N4O. The summed E-state index contributed by atoms with van der Waals surface area (Å²) in [5.74, 6) is -0.288. The summed E-state index contributed by atoms with van der Waals surface area (Å²) in [6.45, 7) is 5.52. The molecule has 8 heteroatoms. The van der Waals surface area contributed by atoms with E-state index in [1.165, 1.54) is 24.0 Å². The average molecular weight is 400 g/mol. The fraction of sp³-hybridized carbons (Fsp3) is 0.286. The predicted octanol–water partition coefficient (Wildman–Crippen LogP) is 4.80. The third kappa shape index (κ3) is 3.28. The first-order valence-electron chi connectivity index (χ1n) is 9.17. The van der Waals surface area contributed by atoms with Crippen molar-refractivity contribution in [3.05, 3.63) is 65.2 Å². The second kappa shape index (κ2) is 6.72. The van der Waals surface area contributed by atoms with Crippen molar-refractivity contribution in [2.24, 2.45) is 0 Å². The molecule has 0 saturated heterocycles. The molecule has 0 fully saturated rings. The SMILES string of the molecule is Cc1cc(-c2cnn3c2C(=O)N(c2ccc(C(F)(F)F)c(C)c2)CC3C)ccn1. The van der Waals surface area contributed by atoms with Gasteiger partial charge in [-0.1, -0.05) is 0 Å². The Balaban J connectivity index is 1.77. The van der Waals surface area contributed by atoms with Crippen molar-refractivity contribution in [1.29, 1.82) is 0 Å². The normalized spacial score (nSPS) is 16.8. The number of carbonyl (C=O) groups is 1. The lowest BCUT2D eigenvalue weighted by Gasteiger charge is -2.33. The number of pyridine rings is 1. The Hall–Kier alpha value is -3.16. The van der Waals surface area contributed by atoms with E-state index in [-0.39, 0.29) is 17.5 Å². The Morgan fingerprint density at radius 2 is 1.90 bits per heavy atom. The van der Waals surface area contributed by atoms with Gasteiger partial charge in [0.05, 0.1) is 17.8 Å². The highest BCUT2D eigenvalue weighted by atomic mass is 19.4. The number of fused-ring (bicyclic) bond motifs is 1. The molecule has 2 aromatic heterocycles. The molecule has 1 amide bonds. The van der Waals surface area contributed by atoms with Crippen LogP contribution in [0.25, 0.3) is 11.1 Å². The number of anilines is 1. The number of aromatic nitrogens is 3. The van der Waals surface area contributed by atoms with Crippen LogP contribution in [0.1, 0.15) is 40.3 Å². The van der Waals surface area contributed by atoms with Crippen molar-refractivity contribution in [3.8, 4) is 11.1 Å². The molecule has 1 aromatic carbocycles. The monoisotopic (exact) mass is 400 g/mol. The Morgan fingerprint density at radius 1 is 1.14 bits per heavy atom. The second-order valence-corrected chi connectivity index (χ2v) is 7.30. The van der Waals surface area contributed by atoms with E-state index in [0.717, 1.165) is 17.3 Å². The molecule has 1 atom stereocenters. The smallest absolute Gasteiger partial charge is 0.305 e. The number of rotatable bonds is 2. The van der Waals surface area contributed by atoms with Gasteiger partial charge in [-0.3, -0.25) is 14.5 Å². The van der Waals surface area contributed by atoms with Crippen LogP contribution in [0.2, 0.25) is 0 Å². The predicted molar refractivity (Wildman–Crippen MR) is 103 cm³/mol. The maximum absolute atomic E-state index is 13.3. The molecule has 150 valence electrons. The van der Waals surface area contributed by atoms with Crippen molar-refractivity contribution in [2.75, 3.05) is 11.4 Å². The number of hydrogen-bond acceptors (Lipinski definition) is 3. The maximum atomic E-state index is 13.3. The van der Waals surface area contributed by atoms with E-state index >= 15 is 0 Å². The van der Waals surface area contributed by atoms with Crippen LogP contribution in [0.4, 0.5) is 18.9 Å². The number of carbonyl (C=O) groups excluding carboxylic acids is 1. The summed E-state index contributed by atoms with van der Waals surface area (Å²) in [5, 5.41) is 4.39. The summed E-state index contributed by atoms with van der Waals surface area (Å²) >= 11 is 0. The van der Waals surface area contributed by atoms with Crippen molar-refractivity contribution < 1.29 is 18.0 Å². The number of alkyl halides is 3. The van der Waals surface area contributed by atoms with Crippen LogP contribution < -0.4 is 4.90 Å². The number of nitrogens with zero attached hydrogens (tertiary/aromatic N) is 4. The Kier molecular flexibility index (Phi) is 4.44. The van der Waals surface area contributed by atoms with Gasteiger partial charge in [0.15, 0.2) is 0 Å². The van der Waals surface area contributed by atoms with Crippen LogP contribution in [0, 0.1) is 13.8 Å². The van der Waals surface area contributed by atoms with E-state index < -0.39 is 11.7 Å². The van der Waals surface area contributed by atoms with Crippen LogP contribution in [-0.2, 0) is 6.18 Å². The highest BCUT2D eigenvalue weighted by Gasteiger charge is 2.36. The minimum atomic E-state index is -4.42. The zero-order chi connectivity index (χ0) is 20.9. The Bertz CT molecular complexity index is 1100. The van der Waals surface area contributed by atoms with Gasteiger partial charge in [-0.15, -0.1) is 0 Å². The van der Waals surface area contributed by atoms with Crippen LogP contribution in [0.15, 0.2) is 42.7 Å². The van der Waals surface area contributed by atoms with Crippen molar-refractivity contribution in [1.82, 2.24) is 14.8 Å². The summed E-state index contributed by atoms with van der Waals surface area (Å²) in [6, 6.07) is 7.35. The van der Waals surface area contributed by atoms with Crippen LogP contribution in [-0.4, -0.2) is 27.2 Å². The summed E-state index contributed by atoms with van der Waals surface area (Å²) < 4.78 is 41.0. The third-order valence-electron chi connectivity index (χ3n) is 5.14. The van der Waals surface area contributed by atoms with E-state index in [1.54, 1.807) is 17.1 Å². The van der Waals surface area contributed by atoms with E-state index in [2.05, 4.69) is 10.1 Å². The van der Waals surface area contributed by atoms with Crippen molar-refractivity contribution in [2.45, 2.75) is 33.0 Å². The number of amides is 1. The molecule has 0 spiro atoms. The first-order chi connectivity index (χ1) is 13.7. The Labute approximate surface area is 165 Å². The second-order valence-electron chi connectivity index (χ2n) is 7.30. The molecule has 5 nitrogen and oxygen atoms in total. The topological polar surface area (TPSA) is 51.0 Å². The lowest BCUT2D eigenvalue weighted by Crippen LogP contribution is -2.42. The molecule has 1 aliphatic heterocycles. The van der Waals surface area contributed by atoms with E-state index in [0.29, 0.717) is 23.5 Å². The number of hydrogen-bond donors (Lipinski definition) is 0. The lowest BCUT2D eigenvalue weighted by molar-refractivity contribution is -0.138. The first kappa shape index (κ1) is 19.2. The molecule has 0 N–H and O–H groups in total. The Morgan fingerprint density at radius 3 is 2.55 bits per heavy atom. The number of halogens is 3. The van der Waals surface area contributed by atoms with Crippen molar-refractivity contribution >= 4 is 11.6 Å². The third-order valence-corrected chi connectivity index (χ3v) is 5.14. The maximum Gasteiger partial charge on any atom is 0.416 e. The van der Waals surface area contributed by atoms with Gasteiger partial charge in [0.25, 0.3) is 5.91 Å². The van der Waals surface area contributed by atoms with Gasteiger partial charge in [-0.05, 0) is 62.2 Å². The fourth-order valence-electron chi connectivity index (χ4n) is 3.74. The number of benzene rings is 1. The summed E-state index contributed by atoms with van der Waals surface area (Å²) in [7, 11) is 0. The first-order valence-corrected chi connectivity index (χ1v) is 9.17. The van der Waals surface area contributed by atoms with Gasteiger partial charge in [-0.2, -0.15) is 18.3 Å². The van der Waals surface area contributed by atoms with E-state index in [4.69, 9.17) is 0 Å². The molecular weight excluding hydrogens is 381 g/mol. The summed E-state index contributed by atoms with van der Waals surface area (Å²) in [5.41, 5.74) is 2.57. The summed E-state index contributed by atoms with van der Waals surface area (Å²) in [4.78, 5) is 19.0. The fourth-order valence-corrected chi connectivity index (χ4v) is 3.74. The zero-order valence-corrected chi connectivity index (χ0v) is 16.2. The molecule has 29 heavy (non-hydrogen) atoms. The van der Waals surface area contributed by atoms with Gasteiger partial charge in [0, 0.05) is 29.7 Å². The van der Waals surface area contributed by atoms with Gasteiger partial charge < -0.3 is 4.90 Å². The highest BCUT2D eigenvalue weighted by molar-refractivity contribution is 6.09. The van der Waals surface area contributed by atoms with E-state index in [9.17, 15) is 18.0 Å². The molecule has 3 aromatic rings. The molecule has 0 saturated carbocycles. The van der Waals surface area contributed by atoms with Gasteiger partial charge in [0.1, 0.15) is 5.69 Å². The average Bonchev–Trinajstić information content (AvgIpc) is 3.09. The summed E-state index contributed by atoms with van der Waals surface area (Å²) in [6.07, 6.45) is -1.10. The van der Waals surface area contributed by atoms with Gasteiger partial charge in [-0.25, -0.2) is 0 Å². The van der Waals surface area contributed by atoms with Crippen molar-refractivity contribution in [3.63, 3.8) is 0 Å². The lowest BCUT2D eigenvalue weighted by atomic mass is 10.0. The minimum absolute atomic E-state index is 0.0829. The number of aryl methyl sites for hydroxylation is 2. The highest BCUT2D eigenvalue weighted by Crippen LogP contribution is 2.36. The molecule has 0 radical (unpaired) electrons. The molecule has 0 aliphatic carbocycles. The minimum Gasteiger partial charge on any atom is -0.305 e. The largest absolute Gasteiger partial charge is 0.416 e. The van der Waals surface area contributed by atoms with Crippen LogP contribution in [0.3, 0.4) is 0 Å². The molecule has 1 unspecified atom stereocenters. The molecule has 3 heterocycles. The van der Waals surface area contributed by atoms with Crippen LogP contribution in [0.5, 0.6) is 0 Å². The molecule has 1 aliphatic rings. The van der Waals surface area contributed by atoms with Gasteiger partial charge >= 0.3 is 6.18 Å². The van der Waals surface area contributed by atoms with Gasteiger partial charge in [0.2, 0.25) is 0 Å². The molecule has 4 rings (SSSR count). The standard InChI is InChI=1S/C21H19F3N4O/c1-12-8-16(4-5-18(12)21(22,23)24)27-11-14(3)28-19(20(27)29)17(10-26-28)15-6-7-25-13(2)9-15/h4-10,14H,11H2,1-3H3. The van der Waals surface area contributed by atoms with E-state index in [1.807, 2.05) is 26.0 Å². The molecule has 0 bridgehead atoms. The van der Waals surface area contributed by atoms with Crippen LogP contribution >= 0.6 is 0 Å². The quantitative estimate of drug-likeness (QED) is 0.621.